The fourth-order valence-electron chi connectivity index (χ4n) is 6.30. The number of hydrogen-bond acceptors (Lipinski definition) is 12. The molecular weight excluding hydrogens is 612 g/mol. The van der Waals surface area contributed by atoms with Gasteiger partial charge < -0.3 is 24.3 Å². The van der Waals surface area contributed by atoms with E-state index >= 15 is 0 Å². The zero-order chi connectivity index (χ0) is 33.1. The molecule has 0 spiro atoms. The minimum absolute atomic E-state index is 0.228. The largest absolute Gasteiger partial charge is 0.487 e. The van der Waals surface area contributed by atoms with Gasteiger partial charge >= 0.3 is 0 Å². The molecule has 1 N–H and O–H groups in total. The number of unbranched alkanes of at least 4 members (excludes halogenated alkanes) is 1. The van der Waals surface area contributed by atoms with Crippen LogP contribution in [-0.4, -0.2) is 98.2 Å². The number of anilines is 2. The maximum Gasteiger partial charge on any atom is 0.256 e. The van der Waals surface area contributed by atoms with Gasteiger partial charge in [0.25, 0.3) is 5.88 Å². The molecule has 1 aliphatic heterocycles. The molecule has 0 amide bonds. The van der Waals surface area contributed by atoms with E-state index in [0.717, 1.165) is 81.6 Å². The highest BCUT2D eigenvalue weighted by Crippen LogP contribution is 2.35. The van der Waals surface area contributed by atoms with E-state index in [-0.39, 0.29) is 6.10 Å². The van der Waals surface area contributed by atoms with E-state index in [1.54, 1.807) is 36.6 Å². The van der Waals surface area contributed by atoms with Crippen molar-refractivity contribution in [3.63, 3.8) is 0 Å². The number of ether oxygens (including phenoxy) is 4. The monoisotopic (exact) mass is 656 g/mol. The molecule has 1 aromatic carbocycles. The third kappa shape index (κ3) is 8.66. The molecule has 6 rings (SSSR count). The Labute approximate surface area is 281 Å². The van der Waals surface area contributed by atoms with E-state index in [4.69, 9.17) is 24.0 Å². The van der Waals surface area contributed by atoms with Crippen LogP contribution in [0.1, 0.15) is 57.1 Å². The smallest absolute Gasteiger partial charge is 0.256 e. The maximum atomic E-state index is 9.67. The SMILES string of the molecule is COCCCCOc1nn([C@H]2CC[C@H](N3CCOCC3)CC2)cc1Nc1ncc(-c2ccc(C#N)c(O[C@@H](C)Cn3cncn3)c2)cn1. The van der Waals surface area contributed by atoms with Crippen LogP contribution in [0.3, 0.4) is 0 Å². The summed E-state index contributed by atoms with van der Waals surface area (Å²) < 4.78 is 26.8. The lowest BCUT2D eigenvalue weighted by molar-refractivity contribution is 0.00503. The van der Waals surface area contributed by atoms with Gasteiger partial charge in [0.1, 0.15) is 36.3 Å². The van der Waals surface area contributed by atoms with Crippen molar-refractivity contribution >= 4 is 11.6 Å². The van der Waals surface area contributed by atoms with Gasteiger partial charge in [-0.2, -0.15) is 10.4 Å². The van der Waals surface area contributed by atoms with Crippen molar-refractivity contribution in [3.05, 3.63) is 55.0 Å². The quantitative estimate of drug-likeness (QED) is 0.178. The fourth-order valence-corrected chi connectivity index (χ4v) is 6.30. The van der Waals surface area contributed by atoms with Gasteiger partial charge in [0, 0.05) is 50.8 Å². The standard InChI is InChI=1S/C34H44N10O4/c1-25(21-43-24-36-23-39-43)48-32-17-26(5-6-27(32)18-35)28-19-37-34(38-20-28)40-31-22-44(41-33(31)47-14-4-3-13-45-2)30-9-7-29(8-10-30)42-11-15-46-16-12-42/h5-6,17,19-20,22-25,29-30H,3-4,7-16,21H2,1-2H3,(H,37,38,40)/t25-,29-,30-/m0/s1. The van der Waals surface area contributed by atoms with Gasteiger partial charge in [-0.25, -0.2) is 19.6 Å². The van der Waals surface area contributed by atoms with Crippen LogP contribution >= 0.6 is 0 Å². The molecule has 254 valence electrons. The van der Waals surface area contributed by atoms with Crippen LogP contribution in [0.2, 0.25) is 0 Å². The number of benzene rings is 1. The van der Waals surface area contributed by atoms with Crippen LogP contribution in [0.5, 0.6) is 11.6 Å². The lowest BCUT2D eigenvalue weighted by atomic mass is 9.90. The molecule has 0 bridgehead atoms. The summed E-state index contributed by atoms with van der Waals surface area (Å²) in [4.78, 5) is 15.8. The van der Waals surface area contributed by atoms with Gasteiger partial charge in [-0.1, -0.05) is 6.07 Å². The van der Waals surface area contributed by atoms with Crippen molar-refractivity contribution < 1.29 is 18.9 Å². The summed E-state index contributed by atoms with van der Waals surface area (Å²) in [6.07, 6.45) is 14.6. The first-order chi connectivity index (χ1) is 23.6. The first kappa shape index (κ1) is 33.3. The van der Waals surface area contributed by atoms with Crippen LogP contribution in [0.4, 0.5) is 11.6 Å². The Hall–Kier alpha value is -4.58. The van der Waals surface area contributed by atoms with E-state index in [1.165, 1.54) is 6.33 Å². The Balaban J connectivity index is 1.13. The number of rotatable bonds is 15. The number of nitrogens with one attached hydrogen (secondary N) is 1. The van der Waals surface area contributed by atoms with Crippen molar-refractivity contribution in [2.45, 2.75) is 70.2 Å². The van der Waals surface area contributed by atoms with Crippen LogP contribution in [0, 0.1) is 11.3 Å². The van der Waals surface area contributed by atoms with Gasteiger partial charge in [-0.05, 0) is 63.1 Å². The summed E-state index contributed by atoms with van der Waals surface area (Å²) >= 11 is 0. The molecular formula is C34H44N10O4. The van der Waals surface area contributed by atoms with Crippen molar-refractivity contribution in [2.24, 2.45) is 0 Å². The lowest BCUT2D eigenvalue weighted by Crippen LogP contribution is -2.45. The van der Waals surface area contributed by atoms with E-state index in [0.29, 0.717) is 55.0 Å². The molecule has 4 aromatic rings. The second kappa shape index (κ2) is 16.5. The molecule has 3 aromatic heterocycles. The number of nitrogens with zero attached hydrogens (tertiary/aromatic N) is 9. The number of morpholine rings is 1. The van der Waals surface area contributed by atoms with Gasteiger partial charge in [0.2, 0.25) is 5.95 Å². The average molecular weight is 657 g/mol. The van der Waals surface area contributed by atoms with Crippen molar-refractivity contribution in [2.75, 3.05) is 51.9 Å². The van der Waals surface area contributed by atoms with Crippen molar-refractivity contribution in [1.82, 2.24) is 39.4 Å². The van der Waals surface area contributed by atoms with Gasteiger partial charge in [-0.3, -0.25) is 9.58 Å². The highest BCUT2D eigenvalue weighted by molar-refractivity contribution is 5.67. The summed E-state index contributed by atoms with van der Waals surface area (Å²) in [5, 5.41) is 22.0. The molecule has 1 saturated carbocycles. The summed E-state index contributed by atoms with van der Waals surface area (Å²) in [5.41, 5.74) is 2.82. The van der Waals surface area contributed by atoms with Gasteiger partial charge in [-0.15, -0.1) is 5.10 Å². The molecule has 1 aliphatic carbocycles. The van der Waals surface area contributed by atoms with Gasteiger partial charge in [0.05, 0.1) is 44.2 Å². The number of methoxy groups -OCH3 is 1. The lowest BCUT2D eigenvalue weighted by Gasteiger charge is -2.38. The minimum Gasteiger partial charge on any atom is -0.487 e. The fraction of sp³-hybridized carbons (Fsp3) is 0.529. The molecule has 0 unspecified atom stereocenters. The van der Waals surface area contributed by atoms with Crippen LogP contribution in [-0.2, 0) is 16.0 Å². The highest BCUT2D eigenvalue weighted by atomic mass is 16.5. The molecule has 14 nitrogen and oxygen atoms in total. The minimum atomic E-state index is -0.228. The van der Waals surface area contributed by atoms with Crippen LogP contribution in [0.15, 0.2) is 49.4 Å². The molecule has 2 fully saturated rings. The third-order valence-corrected chi connectivity index (χ3v) is 8.85. The summed E-state index contributed by atoms with van der Waals surface area (Å²) in [5.74, 6) is 1.47. The van der Waals surface area contributed by atoms with E-state index < -0.39 is 0 Å². The topological polar surface area (TPSA) is 150 Å². The Kier molecular flexibility index (Phi) is 11.5. The predicted octanol–water partition coefficient (Wildman–Crippen LogP) is 4.64. The molecule has 14 heteroatoms. The summed E-state index contributed by atoms with van der Waals surface area (Å²) in [7, 11) is 1.71. The Bertz CT molecular complexity index is 1610. The van der Waals surface area contributed by atoms with Gasteiger partial charge in [0.15, 0.2) is 0 Å². The molecule has 0 radical (unpaired) electrons. The maximum absolute atomic E-state index is 9.67. The summed E-state index contributed by atoms with van der Waals surface area (Å²) in [6, 6.07) is 8.60. The molecule has 48 heavy (non-hydrogen) atoms. The summed E-state index contributed by atoms with van der Waals surface area (Å²) in [6.45, 7) is 7.37. The molecule has 1 saturated heterocycles. The zero-order valence-electron chi connectivity index (χ0n) is 27.7. The molecule has 2 aliphatic rings. The Morgan fingerprint density at radius 3 is 2.54 bits per heavy atom. The Morgan fingerprint density at radius 2 is 1.81 bits per heavy atom. The Morgan fingerprint density at radius 1 is 1.04 bits per heavy atom. The van der Waals surface area contributed by atoms with Crippen molar-refractivity contribution in [3.8, 4) is 28.8 Å². The number of nitriles is 1. The van der Waals surface area contributed by atoms with Crippen LogP contribution < -0.4 is 14.8 Å². The number of hydrogen-bond donors (Lipinski definition) is 1. The van der Waals surface area contributed by atoms with E-state index in [2.05, 4.69) is 41.0 Å². The van der Waals surface area contributed by atoms with E-state index in [9.17, 15) is 5.26 Å². The third-order valence-electron chi connectivity index (χ3n) is 8.85. The second-order valence-electron chi connectivity index (χ2n) is 12.3. The predicted molar refractivity (Wildman–Crippen MR) is 178 cm³/mol. The molecule has 1 atom stereocenters. The van der Waals surface area contributed by atoms with Crippen molar-refractivity contribution in [1.29, 1.82) is 5.26 Å². The first-order valence-electron chi connectivity index (χ1n) is 16.7. The molecule has 4 heterocycles. The highest BCUT2D eigenvalue weighted by Gasteiger charge is 2.29. The zero-order valence-corrected chi connectivity index (χ0v) is 27.7. The average Bonchev–Trinajstić information content (AvgIpc) is 3.79. The van der Waals surface area contributed by atoms with E-state index in [1.807, 2.05) is 25.3 Å². The first-order valence-corrected chi connectivity index (χ1v) is 16.7. The normalized spacial score (nSPS) is 19.0. The number of aromatic nitrogens is 7. The van der Waals surface area contributed by atoms with Crippen LogP contribution in [0.25, 0.3) is 11.1 Å². The second-order valence-corrected chi connectivity index (χ2v) is 12.3.